The van der Waals surface area contributed by atoms with E-state index in [9.17, 15) is 13.6 Å². The van der Waals surface area contributed by atoms with Crippen molar-refractivity contribution in [3.05, 3.63) is 47.5 Å². The molecule has 8 heteroatoms. The van der Waals surface area contributed by atoms with Gasteiger partial charge in [0, 0.05) is 13.6 Å². The summed E-state index contributed by atoms with van der Waals surface area (Å²) in [7, 11) is 3.05. The van der Waals surface area contributed by atoms with Gasteiger partial charge in [0.1, 0.15) is 13.2 Å². The van der Waals surface area contributed by atoms with E-state index < -0.39 is 6.61 Å². The molecule has 0 saturated heterocycles. The predicted octanol–water partition coefficient (Wildman–Crippen LogP) is 3.27. The summed E-state index contributed by atoms with van der Waals surface area (Å²) in [5.74, 6) is 1.35. The molecule has 3 rings (SSSR count). The monoisotopic (exact) mass is 393 g/mol. The van der Waals surface area contributed by atoms with Gasteiger partial charge in [0.2, 0.25) is 5.91 Å². The molecule has 1 heterocycles. The molecule has 28 heavy (non-hydrogen) atoms. The lowest BCUT2D eigenvalue weighted by atomic mass is 10.1. The van der Waals surface area contributed by atoms with E-state index in [2.05, 4.69) is 4.74 Å². The molecule has 0 unspecified atom stereocenters. The van der Waals surface area contributed by atoms with Crippen LogP contribution in [0, 0.1) is 0 Å². The zero-order valence-electron chi connectivity index (χ0n) is 15.6. The lowest BCUT2D eigenvalue weighted by molar-refractivity contribution is -0.129. The molecule has 0 N–H and O–H groups in total. The Morgan fingerprint density at radius 2 is 1.79 bits per heavy atom. The molecule has 2 aromatic carbocycles. The van der Waals surface area contributed by atoms with E-state index in [1.807, 2.05) is 6.07 Å². The first-order valence-electron chi connectivity index (χ1n) is 8.70. The van der Waals surface area contributed by atoms with Gasteiger partial charge in [0.05, 0.1) is 13.5 Å². The molecule has 1 amide bonds. The third kappa shape index (κ3) is 4.82. The van der Waals surface area contributed by atoms with Crippen LogP contribution >= 0.6 is 0 Å². The van der Waals surface area contributed by atoms with Crippen molar-refractivity contribution in [2.45, 2.75) is 19.6 Å². The molecule has 2 aromatic rings. The molecule has 0 spiro atoms. The van der Waals surface area contributed by atoms with Crippen LogP contribution in [0.4, 0.5) is 8.78 Å². The number of alkyl halides is 2. The first-order valence-corrected chi connectivity index (χ1v) is 8.70. The SMILES string of the molecule is COc1cc(CN(C)C(=O)Cc2ccc3c(c2)OCCO3)ccc1OC(F)F. The smallest absolute Gasteiger partial charge is 0.387 e. The van der Waals surface area contributed by atoms with E-state index in [1.165, 1.54) is 13.2 Å². The Kier molecular flexibility index (Phi) is 6.18. The normalized spacial score (nSPS) is 12.6. The highest BCUT2D eigenvalue weighted by Crippen LogP contribution is 2.31. The molecular weight excluding hydrogens is 372 g/mol. The van der Waals surface area contributed by atoms with Crippen LogP contribution in [0.25, 0.3) is 0 Å². The molecule has 0 bridgehead atoms. The largest absolute Gasteiger partial charge is 0.493 e. The number of hydrogen-bond acceptors (Lipinski definition) is 5. The summed E-state index contributed by atoms with van der Waals surface area (Å²) in [5, 5.41) is 0. The highest BCUT2D eigenvalue weighted by molar-refractivity contribution is 5.78. The number of benzene rings is 2. The van der Waals surface area contributed by atoms with E-state index in [0.29, 0.717) is 31.3 Å². The Labute approximate surface area is 161 Å². The summed E-state index contributed by atoms with van der Waals surface area (Å²) < 4.78 is 45.3. The third-order valence-electron chi connectivity index (χ3n) is 4.25. The van der Waals surface area contributed by atoms with Crippen LogP contribution in [0.2, 0.25) is 0 Å². The number of methoxy groups -OCH3 is 1. The number of halogens is 2. The summed E-state index contributed by atoms with van der Waals surface area (Å²) >= 11 is 0. The van der Waals surface area contributed by atoms with E-state index in [-0.39, 0.29) is 23.8 Å². The fraction of sp³-hybridized carbons (Fsp3) is 0.350. The number of hydrogen-bond donors (Lipinski definition) is 0. The lowest BCUT2D eigenvalue weighted by Crippen LogP contribution is -2.27. The van der Waals surface area contributed by atoms with Crippen molar-refractivity contribution >= 4 is 5.91 Å². The Hall–Kier alpha value is -3.03. The molecule has 0 saturated carbocycles. The van der Waals surface area contributed by atoms with Gasteiger partial charge < -0.3 is 23.8 Å². The van der Waals surface area contributed by atoms with Gasteiger partial charge >= 0.3 is 6.61 Å². The van der Waals surface area contributed by atoms with Crippen molar-refractivity contribution in [3.8, 4) is 23.0 Å². The van der Waals surface area contributed by atoms with Crippen molar-refractivity contribution < 1.29 is 32.5 Å². The van der Waals surface area contributed by atoms with Crippen LogP contribution in [0.3, 0.4) is 0 Å². The zero-order valence-corrected chi connectivity index (χ0v) is 15.6. The van der Waals surface area contributed by atoms with Gasteiger partial charge in [-0.1, -0.05) is 12.1 Å². The van der Waals surface area contributed by atoms with Gasteiger partial charge in [0.15, 0.2) is 23.0 Å². The van der Waals surface area contributed by atoms with E-state index in [4.69, 9.17) is 14.2 Å². The highest BCUT2D eigenvalue weighted by Gasteiger charge is 2.16. The fourth-order valence-electron chi connectivity index (χ4n) is 2.87. The molecule has 0 aromatic heterocycles. The van der Waals surface area contributed by atoms with Gasteiger partial charge in [-0.2, -0.15) is 8.78 Å². The minimum Gasteiger partial charge on any atom is -0.493 e. The maximum Gasteiger partial charge on any atom is 0.387 e. The maximum absolute atomic E-state index is 12.6. The summed E-state index contributed by atoms with van der Waals surface area (Å²) in [4.78, 5) is 14.1. The summed E-state index contributed by atoms with van der Waals surface area (Å²) in [6, 6.07) is 10.0. The standard InChI is InChI=1S/C20H21F2NO5/c1-23(12-14-4-6-16(28-20(21)22)17(10-14)25-2)19(24)11-13-3-5-15-18(9-13)27-8-7-26-15/h3-6,9-10,20H,7-8,11-12H2,1-2H3. The number of ether oxygens (including phenoxy) is 4. The number of carbonyl (C=O) groups is 1. The van der Waals surface area contributed by atoms with Crippen molar-refractivity contribution in [3.63, 3.8) is 0 Å². The molecule has 6 nitrogen and oxygen atoms in total. The van der Waals surface area contributed by atoms with Gasteiger partial charge in [-0.05, 0) is 35.4 Å². The average molecular weight is 393 g/mol. The van der Waals surface area contributed by atoms with Crippen LogP contribution in [0.5, 0.6) is 23.0 Å². The van der Waals surface area contributed by atoms with E-state index in [0.717, 1.165) is 11.1 Å². The second-order valence-corrected chi connectivity index (χ2v) is 6.27. The highest BCUT2D eigenvalue weighted by atomic mass is 19.3. The van der Waals surface area contributed by atoms with E-state index in [1.54, 1.807) is 36.2 Å². The van der Waals surface area contributed by atoms with E-state index >= 15 is 0 Å². The predicted molar refractivity (Wildman–Crippen MR) is 97.2 cm³/mol. The van der Waals surface area contributed by atoms with Crippen LogP contribution in [-0.2, 0) is 17.8 Å². The summed E-state index contributed by atoms with van der Waals surface area (Å²) in [6.07, 6.45) is 0.205. The molecule has 0 radical (unpaired) electrons. The van der Waals surface area contributed by atoms with Crippen LogP contribution in [-0.4, -0.2) is 44.8 Å². The summed E-state index contributed by atoms with van der Waals surface area (Å²) in [6.45, 7) is -1.64. The third-order valence-corrected chi connectivity index (χ3v) is 4.25. The van der Waals surface area contributed by atoms with Crippen molar-refractivity contribution in [2.75, 3.05) is 27.4 Å². The molecule has 1 aliphatic rings. The fourth-order valence-corrected chi connectivity index (χ4v) is 2.87. The number of nitrogens with zero attached hydrogens (tertiary/aromatic N) is 1. The van der Waals surface area contributed by atoms with Crippen LogP contribution < -0.4 is 18.9 Å². The van der Waals surface area contributed by atoms with Gasteiger partial charge in [-0.3, -0.25) is 4.79 Å². The summed E-state index contributed by atoms with van der Waals surface area (Å²) in [5.41, 5.74) is 1.55. The first kappa shape index (κ1) is 19.7. The minimum atomic E-state index is -2.94. The van der Waals surface area contributed by atoms with Gasteiger partial charge in [-0.25, -0.2) is 0 Å². The molecule has 150 valence electrons. The van der Waals surface area contributed by atoms with Gasteiger partial charge in [0.25, 0.3) is 0 Å². The van der Waals surface area contributed by atoms with Crippen molar-refractivity contribution in [1.82, 2.24) is 4.90 Å². The Morgan fingerprint density at radius 3 is 2.50 bits per heavy atom. The van der Waals surface area contributed by atoms with Crippen molar-refractivity contribution in [2.24, 2.45) is 0 Å². The second-order valence-electron chi connectivity index (χ2n) is 6.27. The molecule has 0 fully saturated rings. The minimum absolute atomic E-state index is 0.0495. The van der Waals surface area contributed by atoms with Crippen LogP contribution in [0.15, 0.2) is 36.4 Å². The Bertz CT molecular complexity index is 843. The Balaban J connectivity index is 1.64. The number of likely N-dealkylation sites (N-methyl/N-ethyl adjacent to an activating group) is 1. The number of fused-ring (bicyclic) bond motifs is 1. The average Bonchev–Trinajstić information content (AvgIpc) is 2.68. The Morgan fingerprint density at radius 1 is 1.07 bits per heavy atom. The van der Waals surface area contributed by atoms with Gasteiger partial charge in [-0.15, -0.1) is 0 Å². The molecule has 0 atom stereocenters. The second kappa shape index (κ2) is 8.77. The lowest BCUT2D eigenvalue weighted by Gasteiger charge is -2.20. The number of carbonyl (C=O) groups excluding carboxylic acids is 1. The van der Waals surface area contributed by atoms with Crippen LogP contribution in [0.1, 0.15) is 11.1 Å². The van der Waals surface area contributed by atoms with Crippen molar-refractivity contribution in [1.29, 1.82) is 0 Å². The zero-order chi connectivity index (χ0) is 20.1. The topological polar surface area (TPSA) is 57.2 Å². The quantitative estimate of drug-likeness (QED) is 0.723. The molecular formula is C20H21F2NO5. The first-order chi connectivity index (χ1) is 13.5. The number of amides is 1. The maximum atomic E-state index is 12.6. The number of rotatable bonds is 7. The molecule has 0 aliphatic carbocycles. The molecule has 1 aliphatic heterocycles.